The maximum atomic E-state index is 12.7. The normalized spacial score (nSPS) is 17.7. The van der Waals surface area contributed by atoms with Crippen molar-refractivity contribution in [2.75, 3.05) is 26.2 Å². The molecule has 188 valence electrons. The monoisotopic (exact) mass is 566 g/mol. The van der Waals surface area contributed by atoms with E-state index in [-0.39, 0.29) is 18.1 Å². The zero-order valence-corrected chi connectivity index (χ0v) is 22.7. The zero-order chi connectivity index (χ0) is 24.9. The number of amides is 1. The smallest absolute Gasteiger partial charge is 0.225 e. The predicted octanol–water partition coefficient (Wildman–Crippen LogP) is 4.99. The zero-order valence-electron chi connectivity index (χ0n) is 20.3. The Kier molecular flexibility index (Phi) is 8.22. The van der Waals surface area contributed by atoms with Gasteiger partial charge in [0, 0.05) is 35.3 Å². The Morgan fingerprint density at radius 1 is 1.14 bits per heavy atom. The van der Waals surface area contributed by atoms with Gasteiger partial charge < -0.3 is 15.4 Å². The minimum Gasteiger partial charge on any atom is -0.489 e. The van der Waals surface area contributed by atoms with Gasteiger partial charge in [0.2, 0.25) is 5.91 Å². The second-order valence-electron chi connectivity index (χ2n) is 9.70. The topological polar surface area (TPSA) is 77.4 Å². The number of thiophene rings is 1. The lowest BCUT2D eigenvalue weighted by atomic mass is 10.0. The minimum absolute atomic E-state index is 0.0776. The van der Waals surface area contributed by atoms with Crippen molar-refractivity contribution < 1.29 is 9.53 Å². The van der Waals surface area contributed by atoms with E-state index in [1.807, 2.05) is 18.2 Å². The maximum absolute atomic E-state index is 12.7. The van der Waals surface area contributed by atoms with Crippen molar-refractivity contribution in [2.45, 2.75) is 50.8 Å². The fraction of sp³-hybridized carbons (Fsp3) is 0.429. The van der Waals surface area contributed by atoms with Crippen LogP contribution in [-0.2, 0) is 17.8 Å². The molecule has 3 aromatic rings. The molecule has 1 amide bonds. The van der Waals surface area contributed by atoms with Crippen molar-refractivity contribution in [2.24, 2.45) is 0 Å². The third kappa shape index (κ3) is 6.46. The van der Waals surface area contributed by atoms with E-state index in [0.717, 1.165) is 83.6 Å². The van der Waals surface area contributed by atoms with E-state index in [2.05, 4.69) is 61.8 Å². The van der Waals surface area contributed by atoms with Gasteiger partial charge in [-0.3, -0.25) is 9.69 Å². The van der Waals surface area contributed by atoms with Gasteiger partial charge in [0.15, 0.2) is 0 Å². The van der Waals surface area contributed by atoms with E-state index in [1.54, 1.807) is 11.3 Å². The van der Waals surface area contributed by atoms with Crippen molar-refractivity contribution in [1.82, 2.24) is 15.5 Å². The summed E-state index contributed by atoms with van der Waals surface area (Å²) < 4.78 is 8.28. The van der Waals surface area contributed by atoms with E-state index in [1.165, 1.54) is 5.56 Å². The first-order chi connectivity index (χ1) is 17.6. The van der Waals surface area contributed by atoms with Crippen LogP contribution >= 0.6 is 27.3 Å². The molecule has 0 atom stereocenters. The molecule has 6 nitrogen and oxygen atoms in total. The SMILES string of the molecule is N#Cc1ccc2cc(CC(=O)NC3CCN(Cc4ccc(OC5CCNCC5)c(Br)c4)CC3)sc2c1. The largest absolute Gasteiger partial charge is 0.489 e. The van der Waals surface area contributed by atoms with Crippen LogP contribution in [0.25, 0.3) is 10.1 Å². The molecule has 2 aliphatic rings. The summed E-state index contributed by atoms with van der Waals surface area (Å²) in [5.41, 5.74) is 1.92. The molecule has 1 aromatic heterocycles. The fourth-order valence-corrected chi connectivity index (χ4v) is 6.63. The summed E-state index contributed by atoms with van der Waals surface area (Å²) in [6.07, 6.45) is 4.70. The molecule has 36 heavy (non-hydrogen) atoms. The molecule has 3 heterocycles. The molecule has 0 radical (unpaired) electrons. The molecule has 0 saturated carbocycles. The van der Waals surface area contributed by atoms with Crippen molar-refractivity contribution in [3.8, 4) is 11.8 Å². The Bertz CT molecular complexity index is 1260. The molecule has 0 spiro atoms. The standard InChI is InChI=1S/C28H31BrN4O2S/c29-25-13-20(2-4-26(25)35-23-5-9-31-10-6-23)18-33-11-7-22(8-12-33)32-28(34)16-24-15-21-3-1-19(17-30)14-27(21)36-24/h1-4,13-15,22-23,31H,5-12,16,18H2,(H,32,34). The molecule has 2 fully saturated rings. The van der Waals surface area contributed by atoms with Gasteiger partial charge in [0.05, 0.1) is 22.5 Å². The molecule has 2 N–H and O–H groups in total. The van der Waals surface area contributed by atoms with Crippen molar-refractivity contribution in [3.05, 3.63) is 62.9 Å². The first-order valence-corrected chi connectivity index (χ1v) is 14.3. The number of likely N-dealkylation sites (tertiary alicyclic amines) is 1. The lowest BCUT2D eigenvalue weighted by Crippen LogP contribution is -2.44. The van der Waals surface area contributed by atoms with Gasteiger partial charge in [-0.2, -0.15) is 5.26 Å². The average Bonchev–Trinajstić information content (AvgIpc) is 3.28. The Labute approximate surface area is 224 Å². The third-order valence-electron chi connectivity index (χ3n) is 6.97. The number of hydrogen-bond donors (Lipinski definition) is 2. The Balaban J connectivity index is 1.07. The van der Waals surface area contributed by atoms with Crippen LogP contribution in [0.5, 0.6) is 5.75 Å². The summed E-state index contributed by atoms with van der Waals surface area (Å²) in [4.78, 5) is 16.2. The summed E-state index contributed by atoms with van der Waals surface area (Å²) in [7, 11) is 0. The van der Waals surface area contributed by atoms with E-state index in [0.29, 0.717) is 12.0 Å². The number of nitrogens with one attached hydrogen (secondary N) is 2. The molecule has 0 bridgehead atoms. The van der Waals surface area contributed by atoms with Crippen LogP contribution in [0.15, 0.2) is 46.9 Å². The average molecular weight is 568 g/mol. The molecule has 8 heteroatoms. The van der Waals surface area contributed by atoms with E-state index in [4.69, 9.17) is 10.00 Å². The molecule has 0 aliphatic carbocycles. The van der Waals surface area contributed by atoms with Crippen molar-refractivity contribution in [1.29, 1.82) is 5.26 Å². The lowest BCUT2D eigenvalue weighted by Gasteiger charge is -2.32. The van der Waals surface area contributed by atoms with Crippen LogP contribution in [0.3, 0.4) is 0 Å². The van der Waals surface area contributed by atoms with Crippen LogP contribution < -0.4 is 15.4 Å². The number of nitrogens with zero attached hydrogens (tertiary/aromatic N) is 2. The number of carbonyl (C=O) groups excluding carboxylic acids is 1. The predicted molar refractivity (Wildman–Crippen MR) is 147 cm³/mol. The second kappa shape index (κ2) is 11.7. The number of fused-ring (bicyclic) bond motifs is 1. The van der Waals surface area contributed by atoms with E-state index < -0.39 is 0 Å². The van der Waals surface area contributed by atoms with Crippen LogP contribution in [0.2, 0.25) is 0 Å². The molecule has 2 aromatic carbocycles. The summed E-state index contributed by atoms with van der Waals surface area (Å²) in [5, 5.41) is 16.8. The third-order valence-corrected chi connectivity index (χ3v) is 8.69. The number of ether oxygens (including phenoxy) is 1. The lowest BCUT2D eigenvalue weighted by molar-refractivity contribution is -0.121. The Hall–Kier alpha value is -2.44. The van der Waals surface area contributed by atoms with Gasteiger partial charge in [-0.15, -0.1) is 11.3 Å². The van der Waals surface area contributed by atoms with Gasteiger partial charge in [-0.1, -0.05) is 12.1 Å². The van der Waals surface area contributed by atoms with Gasteiger partial charge >= 0.3 is 0 Å². The summed E-state index contributed by atoms with van der Waals surface area (Å²) in [6, 6.07) is 16.6. The highest BCUT2D eigenvalue weighted by molar-refractivity contribution is 9.10. The molecule has 0 unspecified atom stereocenters. The van der Waals surface area contributed by atoms with Crippen molar-refractivity contribution in [3.63, 3.8) is 0 Å². The minimum atomic E-state index is 0.0776. The van der Waals surface area contributed by atoms with Gasteiger partial charge in [0.1, 0.15) is 11.9 Å². The highest BCUT2D eigenvalue weighted by Crippen LogP contribution is 2.30. The first-order valence-electron chi connectivity index (χ1n) is 12.7. The molecular weight excluding hydrogens is 536 g/mol. The van der Waals surface area contributed by atoms with E-state index in [9.17, 15) is 4.79 Å². The van der Waals surface area contributed by atoms with Crippen LogP contribution in [0.1, 0.15) is 41.7 Å². The van der Waals surface area contributed by atoms with Gasteiger partial charge in [-0.05, 0) is 96.0 Å². The summed E-state index contributed by atoms with van der Waals surface area (Å²) in [5.74, 6) is 1.00. The quantitative estimate of drug-likeness (QED) is 0.421. The highest BCUT2D eigenvalue weighted by Gasteiger charge is 2.22. The fourth-order valence-electron chi connectivity index (χ4n) is 5.00. The number of nitriles is 1. The number of rotatable bonds is 7. The summed E-state index contributed by atoms with van der Waals surface area (Å²) in [6.45, 7) is 4.88. The number of hydrogen-bond acceptors (Lipinski definition) is 6. The number of carbonyl (C=O) groups is 1. The molecule has 2 aliphatic heterocycles. The van der Waals surface area contributed by atoms with Crippen LogP contribution in [0, 0.1) is 11.3 Å². The van der Waals surface area contributed by atoms with Gasteiger partial charge in [-0.25, -0.2) is 0 Å². The number of piperidine rings is 2. The van der Waals surface area contributed by atoms with E-state index >= 15 is 0 Å². The highest BCUT2D eigenvalue weighted by atomic mass is 79.9. The van der Waals surface area contributed by atoms with Crippen molar-refractivity contribution >= 4 is 43.3 Å². The number of halogens is 1. The number of benzene rings is 2. The van der Waals surface area contributed by atoms with Crippen LogP contribution in [0.4, 0.5) is 0 Å². The Morgan fingerprint density at radius 2 is 1.94 bits per heavy atom. The van der Waals surface area contributed by atoms with Gasteiger partial charge in [0.25, 0.3) is 0 Å². The Morgan fingerprint density at radius 3 is 2.69 bits per heavy atom. The maximum Gasteiger partial charge on any atom is 0.225 e. The molecule has 2 saturated heterocycles. The second-order valence-corrected chi connectivity index (χ2v) is 11.7. The molecule has 5 rings (SSSR count). The van der Waals surface area contributed by atoms with Crippen LogP contribution in [-0.4, -0.2) is 49.1 Å². The first kappa shape index (κ1) is 25.2. The summed E-state index contributed by atoms with van der Waals surface area (Å²) >= 11 is 5.30. The molecular formula is C28H31BrN4O2S.